The highest BCUT2D eigenvalue weighted by Crippen LogP contribution is 2.06. The van der Waals surface area contributed by atoms with Crippen molar-refractivity contribution in [2.75, 3.05) is 0 Å². The van der Waals surface area contributed by atoms with Gasteiger partial charge >= 0.3 is 17.4 Å². The summed E-state index contributed by atoms with van der Waals surface area (Å²) >= 11 is 2.82. The van der Waals surface area contributed by atoms with Gasteiger partial charge in [0.2, 0.25) is 0 Å². The van der Waals surface area contributed by atoms with E-state index < -0.39 is 11.4 Å². The van der Waals surface area contributed by atoms with Crippen molar-refractivity contribution in [3.05, 3.63) is 35.9 Å². The zero-order valence-electron chi connectivity index (χ0n) is 8.11. The lowest BCUT2D eigenvalue weighted by Gasteiger charge is -2.15. The number of carbonyl (C=O) groups excluding carboxylic acids is 1. The van der Waals surface area contributed by atoms with Gasteiger partial charge in [0.25, 0.3) is 33.0 Å². The summed E-state index contributed by atoms with van der Waals surface area (Å²) in [5.41, 5.74) is 0.645. The second-order valence-corrected chi connectivity index (χ2v) is 14.8. The van der Waals surface area contributed by atoms with Crippen LogP contribution in [0.2, 0.25) is 0 Å². The molecule has 1 aromatic carbocycles. The molecule has 7 heteroatoms. The van der Waals surface area contributed by atoms with Crippen LogP contribution in [-0.4, -0.2) is 52.3 Å². The summed E-state index contributed by atoms with van der Waals surface area (Å²) in [6, 6.07) is 9.15. The molecule has 1 rings (SSSR count). The largest absolute Gasteiger partial charge is 0.715 e. The smallest absolute Gasteiger partial charge is 0.595 e. The predicted molar refractivity (Wildman–Crippen MR) is 70.6 cm³/mol. The van der Waals surface area contributed by atoms with Crippen molar-refractivity contribution in [3.8, 4) is 0 Å². The molecule has 0 radical (unpaired) electrons. The number of halogens is 1. The van der Waals surface area contributed by atoms with Crippen LogP contribution in [0.1, 0.15) is 10.4 Å². The summed E-state index contributed by atoms with van der Waals surface area (Å²) < 4.78 is 7.62. The molecule has 14 heavy (non-hydrogen) atoms. The molecule has 0 spiro atoms. The van der Waals surface area contributed by atoms with Crippen molar-refractivity contribution in [3.63, 3.8) is 0 Å². The van der Waals surface area contributed by atoms with Crippen molar-refractivity contribution in [2.45, 2.75) is 0 Å². The SMILES string of the molecule is O=C([O][Al]([I])[N]([AlH2])[AlH2])c1ccccc1. The maximum absolute atomic E-state index is 11.6. The summed E-state index contributed by atoms with van der Waals surface area (Å²) in [5.74, 6) is -0.187. The Balaban J connectivity index is 2.60. The van der Waals surface area contributed by atoms with E-state index in [1.165, 1.54) is 0 Å². The van der Waals surface area contributed by atoms with Gasteiger partial charge in [0.05, 0.1) is 5.56 Å². The van der Waals surface area contributed by atoms with Crippen LogP contribution in [-0.2, 0) is 3.79 Å². The van der Waals surface area contributed by atoms with Gasteiger partial charge in [-0.05, 0) is 12.1 Å². The molecule has 70 valence electrons. The third-order valence-electron chi connectivity index (χ3n) is 1.62. The lowest BCUT2D eigenvalue weighted by molar-refractivity contribution is 0.0734. The molecule has 0 amide bonds. The molecular weight excluding hydrogens is 338 g/mol. The van der Waals surface area contributed by atoms with E-state index in [4.69, 9.17) is 3.79 Å². The van der Waals surface area contributed by atoms with Gasteiger partial charge in [-0.3, -0.25) is 0 Å². The third-order valence-corrected chi connectivity index (χ3v) is 16.1. The van der Waals surface area contributed by atoms with E-state index in [-0.39, 0.29) is 5.97 Å². The third kappa shape index (κ3) is 4.23. The Bertz CT molecular complexity index is 309. The van der Waals surface area contributed by atoms with Gasteiger partial charge in [-0.15, -0.1) is 20.3 Å². The first-order chi connectivity index (χ1) is 6.61. The molecule has 0 aliphatic carbocycles. The van der Waals surface area contributed by atoms with E-state index in [0.717, 1.165) is 33.0 Å². The second-order valence-electron chi connectivity index (χ2n) is 3.03. The number of hydrogen-bond acceptors (Lipinski definition) is 3. The van der Waals surface area contributed by atoms with Crippen molar-refractivity contribution >= 4 is 70.7 Å². The quantitative estimate of drug-likeness (QED) is 0.554. The summed E-state index contributed by atoms with van der Waals surface area (Å²) in [6.07, 6.45) is 0. The van der Waals surface area contributed by atoms with Crippen LogP contribution < -0.4 is 0 Å². The van der Waals surface area contributed by atoms with Gasteiger partial charge in [0, 0.05) is 0 Å². The van der Waals surface area contributed by atoms with E-state index in [1.54, 1.807) is 12.1 Å². The zero-order valence-corrected chi connectivity index (χ0v) is 15.4. The highest BCUT2D eigenvalue weighted by Gasteiger charge is 2.25. The highest BCUT2D eigenvalue weighted by molar-refractivity contribution is 14.1. The predicted octanol–water partition coefficient (Wildman–Crippen LogP) is -0.339. The Hall–Kier alpha value is 0.977. The molecule has 0 unspecified atom stereocenters. The van der Waals surface area contributed by atoms with Crippen molar-refractivity contribution in [1.82, 2.24) is 1.85 Å². The fourth-order valence-electron chi connectivity index (χ4n) is 0.836. The standard InChI is InChI=1S/C7H6O2.3Al.HI.N.4H/c8-7(9)6-4-2-1-3-5-6;;;;;;;;;/h1-5H,(H,8,9);;;;1H;;;;;/q;;;+2;;;;;;/p-2. The summed E-state index contributed by atoms with van der Waals surface area (Å²) in [7, 11) is 0. The number of benzene rings is 1. The fourth-order valence-corrected chi connectivity index (χ4v) is 2.68. The number of nitrogens with zero attached hydrogens (tertiary/aromatic N) is 1. The van der Waals surface area contributed by atoms with Gasteiger partial charge in [-0.1, -0.05) is 18.2 Å². The molecule has 0 aromatic heterocycles. The minimum absolute atomic E-state index is 0.187. The molecule has 0 aliphatic heterocycles. The fraction of sp³-hybridized carbons (Fsp3) is 0. The Labute approximate surface area is 116 Å². The normalized spacial score (nSPS) is 9.86. The molecule has 3 nitrogen and oxygen atoms in total. The molecule has 0 fully saturated rings. The Kier molecular flexibility index (Phi) is 6.09. The number of hydrogen-bond donors (Lipinski definition) is 0. The average molecular weight is 347 g/mol. The van der Waals surface area contributed by atoms with Gasteiger partial charge in [-0.2, -0.15) is 0 Å². The van der Waals surface area contributed by atoms with Crippen LogP contribution >= 0.6 is 20.3 Å². The van der Waals surface area contributed by atoms with E-state index in [9.17, 15) is 4.79 Å². The van der Waals surface area contributed by atoms with Crippen molar-refractivity contribution in [2.24, 2.45) is 0 Å². The minimum atomic E-state index is -1.43. The van der Waals surface area contributed by atoms with Crippen LogP contribution in [0.3, 0.4) is 0 Å². The Morgan fingerprint density at radius 2 is 1.93 bits per heavy atom. The molecular formula is C7H9Al3INO2. The maximum atomic E-state index is 11.6. The number of carbonyl (C=O) groups is 1. The van der Waals surface area contributed by atoms with Crippen molar-refractivity contribution in [1.29, 1.82) is 0 Å². The minimum Gasteiger partial charge on any atom is -0.595 e. The summed E-state index contributed by atoms with van der Waals surface area (Å²) in [5, 5.41) is 0. The molecule has 0 N–H and O–H groups in total. The summed E-state index contributed by atoms with van der Waals surface area (Å²) in [6.45, 7) is 0. The first kappa shape index (κ1) is 13.0. The van der Waals surface area contributed by atoms with E-state index in [2.05, 4.69) is 22.1 Å². The van der Waals surface area contributed by atoms with Gasteiger partial charge in [0.15, 0.2) is 0 Å². The van der Waals surface area contributed by atoms with Crippen LogP contribution in [0.15, 0.2) is 30.3 Å². The van der Waals surface area contributed by atoms with Crippen LogP contribution in [0.5, 0.6) is 0 Å². The van der Waals surface area contributed by atoms with Gasteiger partial charge in [0.1, 0.15) is 0 Å². The molecule has 1 aromatic rings. The topological polar surface area (TPSA) is 29.5 Å². The Morgan fingerprint density at radius 3 is 2.43 bits per heavy atom. The second kappa shape index (κ2) is 6.54. The molecule has 0 saturated carbocycles. The van der Waals surface area contributed by atoms with E-state index >= 15 is 0 Å². The molecule has 0 aliphatic rings. The first-order valence-electron chi connectivity index (χ1n) is 4.18. The Morgan fingerprint density at radius 1 is 1.36 bits per heavy atom. The monoisotopic (exact) mass is 347 g/mol. The lowest BCUT2D eigenvalue weighted by Crippen LogP contribution is -2.34. The van der Waals surface area contributed by atoms with Crippen molar-refractivity contribution < 1.29 is 8.58 Å². The van der Waals surface area contributed by atoms with Gasteiger partial charge in [-0.25, -0.2) is 4.79 Å². The number of rotatable bonds is 3. The zero-order chi connectivity index (χ0) is 10.6. The lowest BCUT2D eigenvalue weighted by atomic mass is 10.2. The molecule has 0 atom stereocenters. The van der Waals surface area contributed by atoms with E-state index in [1.807, 2.05) is 18.2 Å². The van der Waals surface area contributed by atoms with Crippen LogP contribution in [0.25, 0.3) is 0 Å². The van der Waals surface area contributed by atoms with E-state index in [0.29, 0.717) is 5.56 Å². The first-order valence-corrected chi connectivity index (χ1v) is 11.1. The van der Waals surface area contributed by atoms with Gasteiger partial charge < -0.3 is 5.64 Å². The highest BCUT2D eigenvalue weighted by atomic mass is 127. The average Bonchev–Trinajstić information content (AvgIpc) is 2.19. The maximum Gasteiger partial charge on any atom is 0.715 e. The van der Waals surface area contributed by atoms with Crippen LogP contribution in [0, 0.1) is 0 Å². The van der Waals surface area contributed by atoms with Crippen LogP contribution in [0.4, 0.5) is 0 Å². The molecule has 0 heterocycles. The summed E-state index contributed by atoms with van der Waals surface area (Å²) in [4.78, 5) is 11.6. The molecule has 0 saturated heterocycles. The molecule has 0 bridgehead atoms.